The van der Waals surface area contributed by atoms with Crippen LogP contribution in [-0.2, 0) is 32.0 Å². The topological polar surface area (TPSA) is 327 Å². The van der Waals surface area contributed by atoms with Gasteiger partial charge in [-0.2, -0.15) is 8.88 Å². The van der Waals surface area contributed by atoms with Gasteiger partial charge in [-0.25, -0.2) is 24.1 Å². The molecule has 2 aliphatic rings. The Hall–Kier alpha value is -3.17. The number of hydrogen-bond donors (Lipinski definition) is 6. The van der Waals surface area contributed by atoms with Gasteiger partial charge in [-0.3, -0.25) is 13.6 Å². The normalized spacial score (nSPS) is 31.4. The molecule has 3 aromatic heterocycles. The summed E-state index contributed by atoms with van der Waals surface area (Å²) in [6, 6.07) is 2.86. The van der Waals surface area contributed by atoms with Crippen LogP contribution in [0.1, 0.15) is 12.5 Å². The number of nitrogens with two attached hydrogens (primary N) is 1. The van der Waals surface area contributed by atoms with Gasteiger partial charge in [-0.15, -0.1) is 0 Å². The first kappa shape index (κ1) is 32.2. The number of fused-ring (bicyclic) bond motifs is 1. The van der Waals surface area contributed by atoms with Crippen molar-refractivity contribution in [2.45, 2.75) is 49.1 Å². The number of nitrogens with zero attached hydrogens (tertiary/aromatic N) is 8. The minimum Gasteiger partial charge on any atom is -0.843 e. The molecule has 2 fully saturated rings. The first-order valence-corrected chi connectivity index (χ1v) is 15.5. The smallest absolute Gasteiger partial charge is 0.481 e. The van der Waals surface area contributed by atoms with Crippen molar-refractivity contribution < 1.29 is 66.7 Å². The number of phosphoric acid groups is 2. The molecule has 0 aromatic carbocycles. The number of pyridine rings is 1. The van der Waals surface area contributed by atoms with Crippen LogP contribution in [0.5, 0.6) is 0 Å². The Kier molecular flexibility index (Phi) is 9.29. The van der Waals surface area contributed by atoms with Crippen LogP contribution < -0.4 is 15.4 Å². The summed E-state index contributed by atoms with van der Waals surface area (Å²) in [5, 5.41) is 47.1. The maximum absolute atomic E-state index is 13.0. The van der Waals surface area contributed by atoms with Crippen LogP contribution in [0.15, 0.2) is 42.3 Å². The zero-order valence-corrected chi connectivity index (χ0v) is 23.8. The van der Waals surface area contributed by atoms with Crippen LogP contribution in [0.2, 0.25) is 0 Å². The summed E-state index contributed by atoms with van der Waals surface area (Å²) in [6.45, 7) is -1.78. The number of aromatic nitrogens is 5. The van der Waals surface area contributed by atoms with Gasteiger partial charge in [0.25, 0.3) is 6.23 Å². The summed E-state index contributed by atoms with van der Waals surface area (Å²) in [7, 11) is -11.0. The molecule has 2 aliphatic heterocycles. The van der Waals surface area contributed by atoms with Crippen LogP contribution in [0.4, 0.5) is 11.5 Å². The minimum absolute atomic E-state index is 0.0438. The van der Waals surface area contributed by atoms with Gasteiger partial charge in [0.1, 0.15) is 41.9 Å². The molecule has 0 spiro atoms. The third-order valence-corrected chi connectivity index (χ3v) is 9.22. The number of rotatable bonds is 11. The van der Waals surface area contributed by atoms with E-state index < -0.39 is 77.9 Å². The molecule has 0 aliphatic carbocycles. The van der Waals surface area contributed by atoms with Gasteiger partial charge < -0.3 is 45.4 Å². The Morgan fingerprint density at radius 2 is 1.95 bits per heavy atom. The van der Waals surface area contributed by atoms with Crippen molar-refractivity contribution in [1.29, 1.82) is 0 Å². The van der Waals surface area contributed by atoms with E-state index in [0.717, 1.165) is 6.33 Å². The molecule has 5 heterocycles. The van der Waals surface area contributed by atoms with Crippen molar-refractivity contribution in [3.63, 3.8) is 0 Å². The highest BCUT2D eigenvalue weighted by Crippen LogP contribution is 2.61. The van der Waals surface area contributed by atoms with Crippen molar-refractivity contribution in [3.05, 3.63) is 47.6 Å². The number of aliphatic hydroxyl groups excluding tert-OH is 3. The fraction of sp³-hybridized carbons (Fsp3) is 0.500. The Balaban J connectivity index is 1.22. The molecule has 0 radical (unpaired) electrons. The van der Waals surface area contributed by atoms with E-state index in [1.807, 2.05) is 0 Å². The molecule has 24 heteroatoms. The molecule has 22 nitrogen and oxygen atoms in total. The van der Waals surface area contributed by atoms with Crippen molar-refractivity contribution in [2.75, 3.05) is 18.9 Å². The summed E-state index contributed by atoms with van der Waals surface area (Å²) in [5.74, 6) is 0.0438. The largest absolute Gasteiger partial charge is 0.843 e. The summed E-state index contributed by atoms with van der Waals surface area (Å²) in [5.41, 5.74) is 14.8. The zero-order valence-electron chi connectivity index (χ0n) is 22.0. The summed E-state index contributed by atoms with van der Waals surface area (Å²) in [4.78, 5) is 34.8. The predicted molar refractivity (Wildman–Crippen MR) is 137 cm³/mol. The Labute approximate surface area is 245 Å². The third-order valence-electron chi connectivity index (χ3n) is 6.59. The van der Waals surface area contributed by atoms with E-state index in [-0.39, 0.29) is 22.7 Å². The van der Waals surface area contributed by atoms with Crippen molar-refractivity contribution in [1.82, 2.24) is 19.5 Å². The molecule has 0 saturated carbocycles. The molecule has 2 unspecified atom stereocenters. The van der Waals surface area contributed by atoms with Crippen LogP contribution in [0.3, 0.4) is 0 Å². The summed E-state index contributed by atoms with van der Waals surface area (Å²) < 4.78 is 52.5. The zero-order chi connectivity index (χ0) is 31.8. The molecule has 10 atom stereocenters. The van der Waals surface area contributed by atoms with Gasteiger partial charge in [-0.05, 0) is 17.7 Å². The van der Waals surface area contributed by atoms with Gasteiger partial charge in [0.2, 0.25) is 0 Å². The molecule has 2 saturated heterocycles. The number of azide groups is 1. The van der Waals surface area contributed by atoms with Crippen LogP contribution in [0, 0.1) is 0 Å². The molecular weight excluding hydrogens is 636 g/mol. The lowest BCUT2D eigenvalue weighted by Gasteiger charge is -2.27. The number of anilines is 1. The SMILES string of the molecule is [N-]=[N+]=Nc1ccc[n+]([C@@H]2O[C@H](CO)[C@@H](OP(=O)(O)OP(=O)(O)OC[C@H]3O[C@@H](n4cnc5c(N)ncnc54)[C@H](O)[C@@H]3O)[C@H]2[O-])c1. The standard InChI is InChI=1S/C20H25N9O13P2/c21-17-12-18(24-7-23-17)29(8-25-12)20-14(32)13(31)11(40-20)6-38-43(34,35)42-44(36,37)41-16-10(5-30)39-19(15(16)33)28-3-1-2-9(4-28)26-27-22/h1-4,7-8,10-11,13-16,19-20,30-32H,5-6H2,(H,34,35)(H,36,37)(H2,21,23,24)/t10-,11-,13-,14-,15-,16-,19-,20-/m1/s1. The predicted octanol–water partition coefficient (Wildman–Crippen LogP) is -1.80. The second-order valence-corrected chi connectivity index (χ2v) is 12.4. The van der Waals surface area contributed by atoms with Crippen LogP contribution >= 0.6 is 15.6 Å². The maximum atomic E-state index is 13.0. The average Bonchev–Trinajstić information content (AvgIpc) is 3.62. The number of ether oxygens (including phenoxy) is 2. The Morgan fingerprint density at radius 3 is 2.68 bits per heavy atom. The molecule has 238 valence electrons. The van der Waals surface area contributed by atoms with E-state index in [9.17, 15) is 39.3 Å². The Bertz CT molecular complexity index is 1660. The Morgan fingerprint density at radius 1 is 1.18 bits per heavy atom. The van der Waals surface area contributed by atoms with Crippen LogP contribution in [0.25, 0.3) is 21.6 Å². The van der Waals surface area contributed by atoms with E-state index in [2.05, 4.69) is 29.3 Å². The van der Waals surface area contributed by atoms with E-state index in [1.165, 1.54) is 40.0 Å². The van der Waals surface area contributed by atoms with E-state index in [0.29, 0.717) is 0 Å². The van der Waals surface area contributed by atoms with E-state index in [1.54, 1.807) is 0 Å². The fourth-order valence-corrected chi connectivity index (χ4v) is 6.90. The second-order valence-electron chi connectivity index (χ2n) is 9.42. The second kappa shape index (κ2) is 12.7. The lowest BCUT2D eigenvalue weighted by molar-refractivity contribution is -0.781. The summed E-state index contributed by atoms with van der Waals surface area (Å²) >= 11 is 0. The average molecular weight is 661 g/mol. The lowest BCUT2D eigenvalue weighted by Crippen LogP contribution is -2.52. The van der Waals surface area contributed by atoms with Gasteiger partial charge in [0, 0.05) is 11.0 Å². The molecule has 3 aromatic rings. The summed E-state index contributed by atoms with van der Waals surface area (Å²) in [6.07, 6.45) is -7.80. The lowest BCUT2D eigenvalue weighted by atomic mass is 10.1. The van der Waals surface area contributed by atoms with Crippen molar-refractivity contribution in [3.8, 4) is 0 Å². The molecule has 7 N–H and O–H groups in total. The number of hydrogen-bond acceptors (Lipinski definition) is 16. The number of aliphatic hydroxyl groups is 3. The van der Waals surface area contributed by atoms with Crippen LogP contribution in [-0.4, -0.2) is 94.5 Å². The molecule has 0 amide bonds. The maximum Gasteiger partial charge on any atom is 0.481 e. The molecule has 0 bridgehead atoms. The number of imidazole rings is 1. The first-order valence-electron chi connectivity index (χ1n) is 12.5. The molecule has 5 rings (SSSR count). The quantitative estimate of drug-likeness (QED) is 0.0433. The van der Waals surface area contributed by atoms with Gasteiger partial charge in [0.15, 0.2) is 30.1 Å². The van der Waals surface area contributed by atoms with E-state index in [4.69, 9.17) is 29.8 Å². The monoisotopic (exact) mass is 661 g/mol. The fourth-order valence-electron chi connectivity index (χ4n) is 4.62. The molecule has 44 heavy (non-hydrogen) atoms. The highest BCUT2D eigenvalue weighted by molar-refractivity contribution is 7.61. The van der Waals surface area contributed by atoms with Crippen molar-refractivity contribution >= 4 is 38.3 Å². The minimum atomic E-state index is -5.56. The van der Waals surface area contributed by atoms with Gasteiger partial charge in [0.05, 0.1) is 25.6 Å². The molecular formula is C20H25N9O13P2. The van der Waals surface area contributed by atoms with Crippen molar-refractivity contribution in [2.24, 2.45) is 5.11 Å². The van der Waals surface area contributed by atoms with Gasteiger partial charge in [-0.1, -0.05) is 5.11 Å². The highest BCUT2D eigenvalue weighted by atomic mass is 31.3. The highest BCUT2D eigenvalue weighted by Gasteiger charge is 2.50. The van der Waals surface area contributed by atoms with E-state index >= 15 is 0 Å². The third kappa shape index (κ3) is 6.59. The van der Waals surface area contributed by atoms with Gasteiger partial charge >= 0.3 is 15.6 Å². The first-order chi connectivity index (χ1) is 20.8. The number of phosphoric ester groups is 2. The number of nitrogen functional groups attached to an aromatic ring is 1.